The van der Waals surface area contributed by atoms with E-state index in [1.807, 2.05) is 6.92 Å². The molecule has 0 aromatic heterocycles. The van der Waals surface area contributed by atoms with E-state index in [2.05, 4.69) is 0 Å². The Labute approximate surface area is 224 Å². The van der Waals surface area contributed by atoms with Gasteiger partial charge in [-0.25, -0.2) is 8.78 Å². The number of ketones is 1. The Hall–Kier alpha value is -2.07. The number of fused-ring (bicyclic) bond motifs is 5. The lowest BCUT2D eigenvalue weighted by Gasteiger charge is -2.61. The van der Waals surface area contributed by atoms with Crippen molar-refractivity contribution in [3.8, 4) is 0 Å². The van der Waals surface area contributed by atoms with Gasteiger partial charge in [-0.2, -0.15) is 0 Å². The fourth-order valence-electron chi connectivity index (χ4n) is 8.22. The summed E-state index contributed by atoms with van der Waals surface area (Å²) in [6.45, 7) is 4.98. The molecule has 4 aliphatic carbocycles. The molecule has 0 spiro atoms. The summed E-state index contributed by atoms with van der Waals surface area (Å²) in [5.41, 5.74) is -5.72. The van der Waals surface area contributed by atoms with Crippen molar-refractivity contribution < 1.29 is 42.5 Å². The number of aliphatic hydroxyl groups is 1. The first-order valence-electron chi connectivity index (χ1n) is 13.3. The second-order valence-electron chi connectivity index (χ2n) is 11.9. The van der Waals surface area contributed by atoms with Crippen LogP contribution in [0.3, 0.4) is 0 Å². The van der Waals surface area contributed by atoms with Gasteiger partial charge in [-0.15, -0.1) is 0 Å². The lowest BCUT2D eigenvalue weighted by atomic mass is 9.45. The maximum Gasteiger partial charge on any atom is 0.319 e. The Balaban J connectivity index is 1.57. The number of allylic oxidation sites excluding steroid dienone is 4. The molecule has 1 heterocycles. The zero-order valence-corrected chi connectivity index (χ0v) is 22.7. The van der Waals surface area contributed by atoms with Crippen LogP contribution in [-0.4, -0.2) is 63.8 Å². The van der Waals surface area contributed by atoms with Crippen LogP contribution in [0.15, 0.2) is 23.8 Å². The van der Waals surface area contributed by atoms with Crippen LogP contribution in [-0.2, 0) is 28.7 Å². The minimum Gasteiger partial charge on any atom is -0.465 e. The normalized spacial score (nSPS) is 45.5. The quantitative estimate of drug-likeness (QED) is 0.513. The van der Waals surface area contributed by atoms with E-state index in [0.717, 1.165) is 11.8 Å². The molecular weight excluding hydrogens is 518 g/mol. The molecule has 10 heteroatoms. The van der Waals surface area contributed by atoms with Gasteiger partial charge in [0.2, 0.25) is 5.12 Å². The van der Waals surface area contributed by atoms with E-state index >= 15 is 8.78 Å². The molecule has 1 unspecified atom stereocenters. The highest BCUT2D eigenvalue weighted by Crippen LogP contribution is 2.72. The predicted octanol–water partition coefficient (Wildman–Crippen LogP) is 3.82. The van der Waals surface area contributed by atoms with E-state index in [4.69, 9.17) is 9.47 Å². The standard InChI is InChI=1S/C28H34F2O7S/c1-15-12-17-18-14-20(29)19-13-16(32)4-7-25(19,2)27(18,30)9-8-26(17,3)28(15,37-22(33)5-10-31)24(35)38-21-6-11-36-23(21)34/h4,7,13,15,17-18,20-21,31H,5-6,8-12,14H2,1-3H3/t15-,17+,18+,20+,21+,25+,26+,27?,28+/m1/s1. The van der Waals surface area contributed by atoms with Crippen molar-refractivity contribution in [3.63, 3.8) is 0 Å². The van der Waals surface area contributed by atoms with Crippen LogP contribution < -0.4 is 0 Å². The Kier molecular flexibility index (Phi) is 6.69. The van der Waals surface area contributed by atoms with Crippen LogP contribution in [0.1, 0.15) is 59.3 Å². The van der Waals surface area contributed by atoms with Crippen LogP contribution >= 0.6 is 11.8 Å². The number of hydrogen-bond donors (Lipinski definition) is 1. The summed E-state index contributed by atoms with van der Waals surface area (Å²) < 4.78 is 44.0. The average Bonchev–Trinajstić information content (AvgIpc) is 3.35. The van der Waals surface area contributed by atoms with Crippen molar-refractivity contribution in [1.82, 2.24) is 0 Å². The van der Waals surface area contributed by atoms with E-state index in [1.165, 1.54) is 18.2 Å². The molecule has 0 bridgehead atoms. The highest BCUT2D eigenvalue weighted by Gasteiger charge is 2.76. The second kappa shape index (κ2) is 9.25. The summed E-state index contributed by atoms with van der Waals surface area (Å²) >= 11 is 0.797. The Morgan fingerprint density at radius 1 is 1.21 bits per heavy atom. The molecule has 5 rings (SSSR count). The van der Waals surface area contributed by atoms with E-state index in [-0.39, 0.29) is 43.6 Å². The molecule has 1 N–H and O–H groups in total. The fourth-order valence-corrected chi connectivity index (χ4v) is 9.51. The minimum atomic E-state index is -1.86. The summed E-state index contributed by atoms with van der Waals surface area (Å²) in [5, 5.41) is 8.14. The molecule has 4 fully saturated rings. The predicted molar refractivity (Wildman–Crippen MR) is 134 cm³/mol. The van der Waals surface area contributed by atoms with Crippen molar-refractivity contribution in [3.05, 3.63) is 23.8 Å². The maximum absolute atomic E-state index is 17.3. The van der Waals surface area contributed by atoms with Crippen LogP contribution in [0.2, 0.25) is 0 Å². The first-order chi connectivity index (χ1) is 17.8. The van der Waals surface area contributed by atoms with Gasteiger partial charge in [0.25, 0.3) is 0 Å². The molecule has 9 atom stereocenters. The smallest absolute Gasteiger partial charge is 0.319 e. The number of ether oxygens (including phenoxy) is 2. The van der Waals surface area contributed by atoms with E-state index in [9.17, 15) is 24.3 Å². The summed E-state index contributed by atoms with van der Waals surface area (Å²) in [5.74, 6) is -3.43. The molecule has 0 amide bonds. The number of halogens is 2. The van der Waals surface area contributed by atoms with Gasteiger partial charge in [-0.1, -0.05) is 31.7 Å². The van der Waals surface area contributed by atoms with Crippen molar-refractivity contribution >= 4 is 34.6 Å². The Bertz CT molecular complexity index is 1140. The molecule has 0 radical (unpaired) electrons. The molecule has 3 saturated carbocycles. The largest absolute Gasteiger partial charge is 0.465 e. The number of rotatable bonds is 5. The third-order valence-corrected chi connectivity index (χ3v) is 11.5. The maximum atomic E-state index is 17.3. The summed E-state index contributed by atoms with van der Waals surface area (Å²) in [6.07, 6.45) is 2.88. The van der Waals surface area contributed by atoms with E-state index < -0.39 is 74.9 Å². The highest BCUT2D eigenvalue weighted by molar-refractivity contribution is 8.14. The van der Waals surface area contributed by atoms with E-state index in [0.29, 0.717) is 12.8 Å². The molecule has 38 heavy (non-hydrogen) atoms. The van der Waals surface area contributed by atoms with Gasteiger partial charge in [0.05, 0.1) is 19.6 Å². The van der Waals surface area contributed by atoms with Gasteiger partial charge in [0, 0.05) is 29.1 Å². The van der Waals surface area contributed by atoms with Crippen LogP contribution in [0.4, 0.5) is 8.78 Å². The number of esters is 2. The van der Waals surface area contributed by atoms with Crippen molar-refractivity contribution in [2.45, 2.75) is 82.0 Å². The number of aliphatic hydroxyl groups excluding tert-OH is 1. The SMILES string of the molecule is C[C@@H]1C[C@H]2[C@@H]3C[C@H](F)C4=CC(=O)C=C[C@]4(C)C3(F)CC[C@]2(C)[C@@]1(OC(=O)CCO)C(=O)S[C@H]1CCOC1=O. The molecule has 5 aliphatic rings. The van der Waals surface area contributed by atoms with Gasteiger partial charge < -0.3 is 14.6 Å². The number of carbonyl (C=O) groups excluding carboxylic acids is 4. The molecule has 7 nitrogen and oxygen atoms in total. The molecule has 0 aromatic rings. The zero-order valence-electron chi connectivity index (χ0n) is 21.8. The average molecular weight is 553 g/mol. The first kappa shape index (κ1) is 27.5. The van der Waals surface area contributed by atoms with Crippen LogP contribution in [0.25, 0.3) is 0 Å². The first-order valence-corrected chi connectivity index (χ1v) is 14.2. The van der Waals surface area contributed by atoms with Crippen LogP contribution in [0.5, 0.6) is 0 Å². The molecule has 0 aromatic carbocycles. The third kappa shape index (κ3) is 3.61. The Morgan fingerprint density at radius 2 is 1.95 bits per heavy atom. The number of alkyl halides is 2. The van der Waals surface area contributed by atoms with Crippen molar-refractivity contribution in [2.75, 3.05) is 13.2 Å². The fraction of sp³-hybridized carbons (Fsp3) is 0.714. The van der Waals surface area contributed by atoms with Crippen molar-refractivity contribution in [1.29, 1.82) is 0 Å². The summed E-state index contributed by atoms with van der Waals surface area (Å²) in [4.78, 5) is 51.2. The highest BCUT2D eigenvalue weighted by atomic mass is 32.2. The minimum absolute atomic E-state index is 0.0147. The third-order valence-electron chi connectivity index (χ3n) is 10.2. The number of hydrogen-bond acceptors (Lipinski definition) is 8. The lowest BCUT2D eigenvalue weighted by molar-refractivity contribution is -0.200. The van der Waals surface area contributed by atoms with Crippen LogP contribution in [0, 0.1) is 28.6 Å². The lowest BCUT2D eigenvalue weighted by Crippen LogP contribution is -2.65. The molecule has 1 aliphatic heterocycles. The van der Waals surface area contributed by atoms with Gasteiger partial charge >= 0.3 is 11.9 Å². The number of cyclic esters (lactones) is 1. The molecule has 1 saturated heterocycles. The summed E-state index contributed by atoms with van der Waals surface area (Å²) in [7, 11) is 0. The summed E-state index contributed by atoms with van der Waals surface area (Å²) in [6, 6.07) is 0. The topological polar surface area (TPSA) is 107 Å². The Morgan fingerprint density at radius 3 is 2.61 bits per heavy atom. The zero-order chi connectivity index (χ0) is 27.7. The number of carbonyl (C=O) groups is 4. The van der Waals surface area contributed by atoms with Gasteiger partial charge in [0.15, 0.2) is 11.4 Å². The molecule has 208 valence electrons. The molecular formula is C28H34F2O7S. The van der Waals surface area contributed by atoms with Gasteiger partial charge in [-0.05, 0) is 56.3 Å². The second-order valence-corrected chi connectivity index (χ2v) is 13.1. The van der Waals surface area contributed by atoms with Gasteiger partial charge in [-0.3, -0.25) is 19.2 Å². The number of thioether (sulfide) groups is 1. The van der Waals surface area contributed by atoms with E-state index in [1.54, 1.807) is 13.8 Å². The monoisotopic (exact) mass is 552 g/mol. The van der Waals surface area contributed by atoms with Crippen molar-refractivity contribution in [2.24, 2.45) is 28.6 Å². The van der Waals surface area contributed by atoms with Gasteiger partial charge in [0.1, 0.15) is 17.1 Å².